The Labute approximate surface area is 67.6 Å². The lowest BCUT2D eigenvalue weighted by Crippen LogP contribution is -2.29. The molecule has 11 heavy (non-hydrogen) atoms. The van der Waals surface area contributed by atoms with Gasteiger partial charge in [-0.2, -0.15) is 0 Å². The van der Waals surface area contributed by atoms with Crippen molar-refractivity contribution in [2.24, 2.45) is 5.73 Å². The highest BCUT2D eigenvalue weighted by Gasteiger charge is 2.18. The summed E-state index contributed by atoms with van der Waals surface area (Å²) >= 11 is 0. The second-order valence-electron chi connectivity index (χ2n) is 2.32. The predicted molar refractivity (Wildman–Crippen MR) is 43.9 cm³/mol. The third-order valence-electron chi connectivity index (χ3n) is 1.40. The van der Waals surface area contributed by atoms with Gasteiger partial charge in [-0.05, 0) is 13.8 Å². The second kappa shape index (κ2) is 4.69. The zero-order chi connectivity index (χ0) is 8.91. The lowest BCUT2D eigenvalue weighted by atomic mass is 10.5. The molecule has 5 heteroatoms. The normalized spacial score (nSPS) is 14.8. The van der Waals surface area contributed by atoms with Crippen molar-refractivity contribution in [3.63, 3.8) is 0 Å². The first-order chi connectivity index (χ1) is 5.04. The number of nitrogens with two attached hydrogens (primary N) is 1. The van der Waals surface area contributed by atoms with Crippen LogP contribution in [0, 0.1) is 0 Å². The molecule has 1 atom stereocenters. The van der Waals surface area contributed by atoms with E-state index in [2.05, 4.69) is 0 Å². The largest absolute Gasteiger partial charge is 0.366 e. The van der Waals surface area contributed by atoms with Gasteiger partial charge in [0.1, 0.15) is 5.94 Å². The van der Waals surface area contributed by atoms with Crippen LogP contribution < -0.4 is 5.73 Å². The maximum atomic E-state index is 11.1. The topological polar surface area (TPSA) is 69.4 Å². The van der Waals surface area contributed by atoms with Crippen molar-refractivity contribution >= 4 is 9.84 Å². The van der Waals surface area contributed by atoms with Crippen LogP contribution in [0.3, 0.4) is 0 Å². The Hall–Kier alpha value is -0.130. The fourth-order valence-electron chi connectivity index (χ4n) is 0.462. The number of sulfone groups is 1. The zero-order valence-corrected chi connectivity index (χ0v) is 7.73. The lowest BCUT2D eigenvalue weighted by Gasteiger charge is -2.09. The van der Waals surface area contributed by atoms with Crippen molar-refractivity contribution in [1.82, 2.24) is 0 Å². The van der Waals surface area contributed by atoms with Crippen molar-refractivity contribution < 1.29 is 13.2 Å². The van der Waals surface area contributed by atoms with Crippen molar-refractivity contribution in [2.45, 2.75) is 19.1 Å². The van der Waals surface area contributed by atoms with Gasteiger partial charge in [-0.3, -0.25) is 0 Å². The number of rotatable bonds is 5. The summed E-state index contributed by atoms with van der Waals surface area (Å²) in [5.41, 5.74) is 5.20. The van der Waals surface area contributed by atoms with Crippen LogP contribution in [0.1, 0.15) is 13.8 Å². The lowest BCUT2D eigenvalue weighted by molar-refractivity contribution is 0.191. The molecule has 68 valence electrons. The van der Waals surface area contributed by atoms with Crippen LogP contribution in [-0.4, -0.2) is 32.8 Å². The standard InChI is InChI=1S/C6H15NO3S/c1-3-10-5-11(8,9)6(2)4-7/h6H,3-5,7H2,1-2H3. The van der Waals surface area contributed by atoms with E-state index in [0.717, 1.165) is 0 Å². The molecule has 0 aliphatic rings. The van der Waals surface area contributed by atoms with Crippen LogP contribution in [0.15, 0.2) is 0 Å². The summed E-state index contributed by atoms with van der Waals surface area (Å²) in [5.74, 6) is -0.220. The average Bonchev–Trinajstić information content (AvgIpc) is 1.99. The highest BCUT2D eigenvalue weighted by Crippen LogP contribution is 1.99. The van der Waals surface area contributed by atoms with Gasteiger partial charge >= 0.3 is 0 Å². The molecule has 1 unspecified atom stereocenters. The van der Waals surface area contributed by atoms with Crippen LogP contribution in [0.5, 0.6) is 0 Å². The Morgan fingerprint density at radius 1 is 1.55 bits per heavy atom. The molecule has 0 fully saturated rings. The molecule has 4 nitrogen and oxygen atoms in total. The van der Waals surface area contributed by atoms with E-state index in [4.69, 9.17) is 10.5 Å². The molecule has 0 saturated carbocycles. The van der Waals surface area contributed by atoms with Gasteiger partial charge in [-0.1, -0.05) is 0 Å². The monoisotopic (exact) mass is 181 g/mol. The Morgan fingerprint density at radius 3 is 2.45 bits per heavy atom. The van der Waals surface area contributed by atoms with Crippen LogP contribution in [0.2, 0.25) is 0 Å². The fourth-order valence-corrected chi connectivity index (χ4v) is 1.39. The summed E-state index contributed by atoms with van der Waals surface area (Å²) in [6.07, 6.45) is 0. The Balaban J connectivity index is 4.01. The molecular formula is C6H15NO3S. The van der Waals surface area contributed by atoms with E-state index < -0.39 is 15.1 Å². The molecule has 0 spiro atoms. The van der Waals surface area contributed by atoms with Gasteiger partial charge in [0.2, 0.25) is 0 Å². The van der Waals surface area contributed by atoms with Gasteiger partial charge in [-0.15, -0.1) is 0 Å². The number of hydrogen-bond acceptors (Lipinski definition) is 4. The van der Waals surface area contributed by atoms with Crippen LogP contribution in [0.4, 0.5) is 0 Å². The van der Waals surface area contributed by atoms with Crippen molar-refractivity contribution in [2.75, 3.05) is 19.1 Å². The molecule has 0 amide bonds. The second-order valence-corrected chi connectivity index (χ2v) is 4.69. The summed E-state index contributed by atoms with van der Waals surface area (Å²) < 4.78 is 27.0. The molecule has 0 radical (unpaired) electrons. The van der Waals surface area contributed by atoms with Crippen molar-refractivity contribution in [1.29, 1.82) is 0 Å². The molecule has 0 heterocycles. The third-order valence-corrected chi connectivity index (χ3v) is 3.31. The van der Waals surface area contributed by atoms with Crippen LogP contribution >= 0.6 is 0 Å². The van der Waals surface area contributed by atoms with E-state index >= 15 is 0 Å². The predicted octanol–water partition coefficient (Wildman–Crippen LogP) is -0.258. The van der Waals surface area contributed by atoms with Gasteiger partial charge in [0.25, 0.3) is 0 Å². The van der Waals surface area contributed by atoms with Crippen molar-refractivity contribution in [3.05, 3.63) is 0 Å². The van der Waals surface area contributed by atoms with Gasteiger partial charge in [0, 0.05) is 13.2 Å². The maximum Gasteiger partial charge on any atom is 0.178 e. The highest BCUT2D eigenvalue weighted by molar-refractivity contribution is 7.91. The van der Waals surface area contributed by atoms with Gasteiger partial charge in [-0.25, -0.2) is 8.42 Å². The molecule has 0 rings (SSSR count). The van der Waals surface area contributed by atoms with Gasteiger partial charge in [0.15, 0.2) is 9.84 Å². The molecule has 0 aromatic carbocycles. The average molecular weight is 181 g/mol. The summed E-state index contributed by atoms with van der Waals surface area (Å²) in [6, 6.07) is 0. The molecule has 0 aliphatic heterocycles. The van der Waals surface area contributed by atoms with E-state index in [-0.39, 0.29) is 12.5 Å². The van der Waals surface area contributed by atoms with E-state index in [9.17, 15) is 8.42 Å². The molecule has 0 aromatic heterocycles. The zero-order valence-electron chi connectivity index (χ0n) is 6.91. The van der Waals surface area contributed by atoms with Gasteiger partial charge in [0.05, 0.1) is 5.25 Å². The van der Waals surface area contributed by atoms with E-state index in [1.54, 1.807) is 13.8 Å². The molecule has 0 aromatic rings. The quantitative estimate of drug-likeness (QED) is 0.634. The molecule has 0 saturated heterocycles. The highest BCUT2D eigenvalue weighted by atomic mass is 32.2. The summed E-state index contributed by atoms with van der Waals surface area (Å²) in [6.45, 7) is 3.89. The molecule has 0 bridgehead atoms. The Kier molecular flexibility index (Phi) is 4.63. The minimum absolute atomic E-state index is 0.148. The molecule has 2 N–H and O–H groups in total. The Bertz CT molecular complexity index is 188. The summed E-state index contributed by atoms with van der Waals surface area (Å²) in [7, 11) is -3.12. The van der Waals surface area contributed by atoms with Gasteiger partial charge < -0.3 is 10.5 Å². The van der Waals surface area contributed by atoms with Crippen LogP contribution in [-0.2, 0) is 14.6 Å². The first-order valence-corrected chi connectivity index (χ1v) is 5.25. The number of hydrogen-bond donors (Lipinski definition) is 1. The summed E-state index contributed by atoms with van der Waals surface area (Å²) in [5, 5.41) is -0.506. The first kappa shape index (κ1) is 10.9. The fraction of sp³-hybridized carbons (Fsp3) is 1.00. The van der Waals surface area contributed by atoms with Crippen molar-refractivity contribution in [3.8, 4) is 0 Å². The van der Waals surface area contributed by atoms with E-state index in [1.165, 1.54) is 0 Å². The number of ether oxygens (including phenoxy) is 1. The van der Waals surface area contributed by atoms with E-state index in [0.29, 0.717) is 6.61 Å². The maximum absolute atomic E-state index is 11.1. The third kappa shape index (κ3) is 3.69. The van der Waals surface area contributed by atoms with E-state index in [1.807, 2.05) is 0 Å². The minimum atomic E-state index is -3.12. The Morgan fingerprint density at radius 2 is 2.09 bits per heavy atom. The first-order valence-electron chi connectivity index (χ1n) is 3.54. The minimum Gasteiger partial charge on any atom is -0.366 e. The summed E-state index contributed by atoms with van der Waals surface area (Å²) in [4.78, 5) is 0. The SMILES string of the molecule is CCOCS(=O)(=O)C(C)CN. The molecular weight excluding hydrogens is 166 g/mol. The van der Waals surface area contributed by atoms with Crippen LogP contribution in [0.25, 0.3) is 0 Å². The smallest absolute Gasteiger partial charge is 0.178 e. The molecule has 0 aliphatic carbocycles.